The molecule has 3 heteroatoms. The summed E-state index contributed by atoms with van der Waals surface area (Å²) < 4.78 is 0. The maximum atomic E-state index is 2.62. The molecule has 0 aromatic rings. The molecular formula is C12H29N2Si. The summed E-state index contributed by atoms with van der Waals surface area (Å²) >= 11 is 0. The van der Waals surface area contributed by atoms with Crippen LogP contribution in [0, 0.1) is 0 Å². The Balaban J connectivity index is 5.01. The normalized spacial score (nSPS) is 13.2. The van der Waals surface area contributed by atoms with E-state index in [1.807, 2.05) is 0 Å². The number of nitrogens with zero attached hydrogens (tertiary/aromatic N) is 2. The lowest BCUT2D eigenvalue weighted by molar-refractivity contribution is 0.0273. The van der Waals surface area contributed by atoms with Crippen molar-refractivity contribution < 1.29 is 0 Å². The maximum absolute atomic E-state index is 2.62. The highest BCUT2D eigenvalue weighted by atomic mass is 28.3. The standard InChI is InChI=1S/C12H29N2Si/c1-8-13(9-2)12(5,15(6)7)14(10-3)11-4/h8-11H2,1-7H3. The summed E-state index contributed by atoms with van der Waals surface area (Å²) in [4.78, 5) is 5.24. The summed E-state index contributed by atoms with van der Waals surface area (Å²) in [5, 5.41) is 0.303. The van der Waals surface area contributed by atoms with Crippen LogP contribution in [0.5, 0.6) is 0 Å². The van der Waals surface area contributed by atoms with E-state index in [1.54, 1.807) is 0 Å². The van der Waals surface area contributed by atoms with E-state index in [2.05, 4.69) is 57.5 Å². The van der Waals surface area contributed by atoms with Crippen molar-refractivity contribution in [2.24, 2.45) is 0 Å². The minimum atomic E-state index is -0.366. The fourth-order valence-corrected chi connectivity index (χ4v) is 4.41. The molecule has 0 spiro atoms. The minimum absolute atomic E-state index is 0.303. The van der Waals surface area contributed by atoms with Crippen LogP contribution < -0.4 is 0 Å². The van der Waals surface area contributed by atoms with Crippen LogP contribution in [0.3, 0.4) is 0 Å². The molecule has 15 heavy (non-hydrogen) atoms. The van der Waals surface area contributed by atoms with Crippen LogP contribution in [-0.4, -0.2) is 50.1 Å². The van der Waals surface area contributed by atoms with Crippen molar-refractivity contribution in [3.05, 3.63) is 0 Å². The van der Waals surface area contributed by atoms with Crippen molar-refractivity contribution in [2.75, 3.05) is 26.2 Å². The van der Waals surface area contributed by atoms with Crippen molar-refractivity contribution >= 4 is 8.80 Å². The first-order chi connectivity index (χ1) is 6.98. The molecule has 0 heterocycles. The number of rotatable bonds is 7. The second-order valence-electron chi connectivity index (χ2n) is 4.37. The Kier molecular flexibility index (Phi) is 6.72. The summed E-state index contributed by atoms with van der Waals surface area (Å²) in [5.74, 6) is 0. The Labute approximate surface area is 98.3 Å². The number of hydrogen-bond acceptors (Lipinski definition) is 2. The molecule has 0 rings (SSSR count). The van der Waals surface area contributed by atoms with E-state index >= 15 is 0 Å². The molecule has 0 unspecified atom stereocenters. The van der Waals surface area contributed by atoms with Crippen molar-refractivity contribution in [2.45, 2.75) is 53.0 Å². The third-order valence-electron chi connectivity index (χ3n) is 3.71. The van der Waals surface area contributed by atoms with Gasteiger partial charge in [0.25, 0.3) is 0 Å². The Morgan fingerprint density at radius 3 is 1.20 bits per heavy atom. The van der Waals surface area contributed by atoms with Crippen LogP contribution in [0.15, 0.2) is 0 Å². The number of hydrogen-bond donors (Lipinski definition) is 0. The van der Waals surface area contributed by atoms with Crippen LogP contribution in [0.2, 0.25) is 13.1 Å². The molecule has 0 saturated heterocycles. The van der Waals surface area contributed by atoms with Crippen LogP contribution >= 0.6 is 0 Å². The van der Waals surface area contributed by atoms with Crippen molar-refractivity contribution in [3.8, 4) is 0 Å². The second-order valence-corrected chi connectivity index (χ2v) is 7.31. The quantitative estimate of drug-likeness (QED) is 0.489. The van der Waals surface area contributed by atoms with Gasteiger partial charge in [0.05, 0.1) is 14.1 Å². The zero-order chi connectivity index (χ0) is 12.1. The van der Waals surface area contributed by atoms with Gasteiger partial charge in [-0.15, -0.1) is 0 Å². The van der Waals surface area contributed by atoms with Crippen LogP contribution in [0.25, 0.3) is 0 Å². The molecule has 0 amide bonds. The lowest BCUT2D eigenvalue weighted by Crippen LogP contribution is -2.65. The summed E-state index contributed by atoms with van der Waals surface area (Å²) in [6.07, 6.45) is 0. The van der Waals surface area contributed by atoms with Gasteiger partial charge in [-0.2, -0.15) is 0 Å². The highest BCUT2D eigenvalue weighted by Crippen LogP contribution is 2.23. The van der Waals surface area contributed by atoms with Gasteiger partial charge in [0, 0.05) is 0 Å². The van der Waals surface area contributed by atoms with E-state index in [9.17, 15) is 0 Å². The smallest absolute Gasteiger partial charge is 0.0861 e. The van der Waals surface area contributed by atoms with Crippen LogP contribution in [0.4, 0.5) is 0 Å². The molecule has 1 radical (unpaired) electrons. The third-order valence-corrected chi connectivity index (χ3v) is 6.23. The van der Waals surface area contributed by atoms with Crippen LogP contribution in [-0.2, 0) is 0 Å². The van der Waals surface area contributed by atoms with Crippen LogP contribution in [0.1, 0.15) is 34.6 Å². The van der Waals surface area contributed by atoms with Gasteiger partial charge in [0.15, 0.2) is 0 Å². The molecule has 0 aromatic carbocycles. The van der Waals surface area contributed by atoms with Gasteiger partial charge < -0.3 is 0 Å². The molecule has 0 aliphatic carbocycles. The first-order valence-corrected chi connectivity index (χ1v) is 8.79. The summed E-state index contributed by atoms with van der Waals surface area (Å²) in [5.41, 5.74) is 0. The predicted octanol–water partition coefficient (Wildman–Crippen LogP) is 2.68. The molecule has 0 bridgehead atoms. The van der Waals surface area contributed by atoms with E-state index in [-0.39, 0.29) is 8.80 Å². The van der Waals surface area contributed by atoms with Gasteiger partial charge in [0.1, 0.15) is 0 Å². The average molecular weight is 229 g/mol. The second kappa shape index (κ2) is 6.66. The van der Waals surface area contributed by atoms with Crippen molar-refractivity contribution in [1.82, 2.24) is 9.80 Å². The molecule has 2 nitrogen and oxygen atoms in total. The predicted molar refractivity (Wildman–Crippen MR) is 71.7 cm³/mol. The molecular weight excluding hydrogens is 200 g/mol. The van der Waals surface area contributed by atoms with E-state index in [4.69, 9.17) is 0 Å². The third kappa shape index (κ3) is 3.05. The average Bonchev–Trinajstić information content (AvgIpc) is 2.21. The molecule has 0 aliphatic rings. The highest BCUT2D eigenvalue weighted by molar-refractivity contribution is 6.59. The highest BCUT2D eigenvalue weighted by Gasteiger charge is 2.38. The molecule has 0 atom stereocenters. The fourth-order valence-electron chi connectivity index (χ4n) is 2.51. The Bertz CT molecular complexity index is 151. The van der Waals surface area contributed by atoms with Crippen molar-refractivity contribution in [1.29, 1.82) is 0 Å². The first-order valence-electron chi connectivity index (χ1n) is 6.29. The topological polar surface area (TPSA) is 6.48 Å². The fraction of sp³-hybridized carbons (Fsp3) is 1.00. The lowest BCUT2D eigenvalue weighted by Gasteiger charge is -2.50. The maximum Gasteiger partial charge on any atom is 0.0861 e. The summed E-state index contributed by atoms with van der Waals surface area (Å²) in [6, 6.07) is 0. The Morgan fingerprint density at radius 1 is 0.800 bits per heavy atom. The largest absolute Gasteiger partial charge is 0.289 e. The van der Waals surface area contributed by atoms with Crippen molar-refractivity contribution in [3.63, 3.8) is 0 Å². The van der Waals surface area contributed by atoms with E-state index in [0.717, 1.165) is 26.2 Å². The van der Waals surface area contributed by atoms with E-state index in [1.165, 1.54) is 0 Å². The Morgan fingerprint density at radius 2 is 1.07 bits per heavy atom. The summed E-state index contributed by atoms with van der Waals surface area (Å²) in [7, 11) is -0.366. The molecule has 0 aromatic heterocycles. The minimum Gasteiger partial charge on any atom is -0.289 e. The zero-order valence-corrected chi connectivity index (χ0v) is 12.7. The van der Waals surface area contributed by atoms with E-state index < -0.39 is 0 Å². The Hall–Kier alpha value is 0.137. The van der Waals surface area contributed by atoms with Gasteiger partial charge >= 0.3 is 0 Å². The SMILES string of the molecule is CCN(CC)C(C)(N(CC)CC)[Si](C)C. The molecule has 0 aliphatic heterocycles. The first kappa shape index (κ1) is 15.1. The zero-order valence-electron chi connectivity index (χ0n) is 11.7. The van der Waals surface area contributed by atoms with Gasteiger partial charge in [-0.1, -0.05) is 40.8 Å². The van der Waals surface area contributed by atoms with Gasteiger partial charge in [-0.05, 0) is 33.1 Å². The molecule has 0 fully saturated rings. The molecule has 91 valence electrons. The monoisotopic (exact) mass is 229 g/mol. The lowest BCUT2D eigenvalue weighted by atomic mass is 10.3. The van der Waals surface area contributed by atoms with Gasteiger partial charge in [-0.25, -0.2) is 0 Å². The summed E-state index contributed by atoms with van der Waals surface area (Å²) in [6.45, 7) is 21.0. The van der Waals surface area contributed by atoms with Gasteiger partial charge in [-0.3, -0.25) is 9.80 Å². The van der Waals surface area contributed by atoms with Gasteiger partial charge in [0.2, 0.25) is 0 Å². The molecule has 0 saturated carbocycles. The van der Waals surface area contributed by atoms with E-state index in [0.29, 0.717) is 5.29 Å². The molecule has 0 N–H and O–H groups in total.